The standard InChI is InChI=1S/C47H63N/c1-5-7-10-21-39(30-28-36(3)18-6-2)45-33-32-44(46-26-15-16-27-47(45)46)37(4)29-31-42(35-48-43-24-13-9-14-25-43)41-23-17-22-40(34-41)38-19-11-8-12-20-38/h8,11,13,15-16,19,23-24,26-31,34,36,39,43,48H,5-7,9-10,12,14,17-18,20-22,25,32-33,35H2,1-4H3/b30-28+,37-29+,42-31+. The van der Waals surface area contributed by atoms with Gasteiger partial charge in [0.2, 0.25) is 0 Å². The lowest BCUT2D eigenvalue weighted by Crippen LogP contribution is -2.34. The van der Waals surface area contributed by atoms with Crippen LogP contribution in [0.15, 0.2) is 119 Å². The third kappa shape index (κ3) is 10.2. The Balaban J connectivity index is 1.49. The highest BCUT2D eigenvalue weighted by Crippen LogP contribution is 2.33. The molecule has 48 heavy (non-hydrogen) atoms. The van der Waals surface area contributed by atoms with Crippen molar-refractivity contribution in [2.45, 2.75) is 130 Å². The quantitative estimate of drug-likeness (QED) is 0.108. The summed E-state index contributed by atoms with van der Waals surface area (Å²) in [6, 6.07) is 9.78. The van der Waals surface area contributed by atoms with Gasteiger partial charge in [-0.1, -0.05) is 143 Å². The van der Waals surface area contributed by atoms with E-state index in [1.54, 1.807) is 5.57 Å². The largest absolute Gasteiger partial charge is 0.306 e. The van der Waals surface area contributed by atoms with Crippen LogP contribution in [0, 0.1) is 11.8 Å². The number of nitrogens with one attached hydrogen (secondary N) is 1. The maximum absolute atomic E-state index is 3.90. The molecule has 4 aliphatic rings. The van der Waals surface area contributed by atoms with E-state index in [-0.39, 0.29) is 0 Å². The first-order valence-electron chi connectivity index (χ1n) is 19.6. The Morgan fingerprint density at radius 2 is 1.73 bits per heavy atom. The Morgan fingerprint density at radius 1 is 0.875 bits per heavy atom. The van der Waals surface area contributed by atoms with Crippen LogP contribution < -0.4 is 15.8 Å². The van der Waals surface area contributed by atoms with Crippen molar-refractivity contribution in [3.05, 3.63) is 129 Å². The molecule has 0 bridgehead atoms. The minimum Gasteiger partial charge on any atom is -0.306 e. The third-order valence-corrected chi connectivity index (χ3v) is 10.9. The Morgan fingerprint density at radius 3 is 2.50 bits per heavy atom. The van der Waals surface area contributed by atoms with E-state index in [1.807, 2.05) is 0 Å². The lowest BCUT2D eigenvalue weighted by Gasteiger charge is -2.24. The van der Waals surface area contributed by atoms with Crippen LogP contribution >= 0.6 is 0 Å². The number of hydrogen-bond acceptors (Lipinski definition) is 1. The molecular weight excluding hydrogens is 579 g/mol. The van der Waals surface area contributed by atoms with Gasteiger partial charge in [0.15, 0.2) is 0 Å². The second-order valence-corrected chi connectivity index (χ2v) is 14.7. The van der Waals surface area contributed by atoms with Gasteiger partial charge < -0.3 is 5.32 Å². The second-order valence-electron chi connectivity index (χ2n) is 14.7. The molecule has 0 saturated carbocycles. The summed E-state index contributed by atoms with van der Waals surface area (Å²) in [7, 11) is 0. The van der Waals surface area contributed by atoms with Crippen LogP contribution in [0.25, 0.3) is 11.1 Å². The molecule has 5 rings (SSSR count). The van der Waals surface area contributed by atoms with Crippen molar-refractivity contribution in [3.8, 4) is 0 Å². The first-order chi connectivity index (χ1) is 23.6. The van der Waals surface area contributed by atoms with Crippen LogP contribution in [0.5, 0.6) is 0 Å². The zero-order chi connectivity index (χ0) is 33.6. The predicted molar refractivity (Wildman–Crippen MR) is 211 cm³/mol. The van der Waals surface area contributed by atoms with Crippen molar-refractivity contribution in [3.63, 3.8) is 0 Å². The zero-order valence-electron chi connectivity index (χ0n) is 30.7. The second kappa shape index (κ2) is 19.1. The molecule has 0 radical (unpaired) electrons. The van der Waals surface area contributed by atoms with Gasteiger partial charge in [-0.05, 0) is 133 Å². The van der Waals surface area contributed by atoms with Gasteiger partial charge in [0, 0.05) is 12.6 Å². The minimum absolute atomic E-state index is 0.476. The summed E-state index contributed by atoms with van der Waals surface area (Å²) in [6.07, 6.45) is 44.9. The third-order valence-electron chi connectivity index (χ3n) is 10.9. The highest BCUT2D eigenvalue weighted by molar-refractivity contribution is 5.70. The summed E-state index contributed by atoms with van der Waals surface area (Å²) in [5.41, 5.74) is 10.5. The molecule has 1 nitrogen and oxygen atoms in total. The van der Waals surface area contributed by atoms with Crippen molar-refractivity contribution in [2.75, 3.05) is 6.54 Å². The van der Waals surface area contributed by atoms with Crippen LogP contribution in [-0.4, -0.2) is 12.6 Å². The molecule has 256 valence electrons. The molecule has 3 unspecified atom stereocenters. The van der Waals surface area contributed by atoms with E-state index in [2.05, 4.69) is 124 Å². The maximum Gasteiger partial charge on any atom is 0.0253 e. The fourth-order valence-electron chi connectivity index (χ4n) is 8.08. The van der Waals surface area contributed by atoms with E-state index >= 15 is 0 Å². The van der Waals surface area contributed by atoms with Crippen molar-refractivity contribution in [1.82, 2.24) is 5.32 Å². The van der Waals surface area contributed by atoms with Gasteiger partial charge >= 0.3 is 0 Å². The Labute approximate surface area is 293 Å². The molecule has 0 aliphatic heterocycles. The smallest absolute Gasteiger partial charge is 0.0253 e. The van der Waals surface area contributed by atoms with E-state index in [0.29, 0.717) is 17.9 Å². The molecule has 3 atom stereocenters. The summed E-state index contributed by atoms with van der Waals surface area (Å²) in [5, 5.41) is 6.85. The molecule has 1 heteroatoms. The maximum atomic E-state index is 3.90. The molecule has 1 aromatic carbocycles. The van der Waals surface area contributed by atoms with E-state index < -0.39 is 0 Å². The average Bonchev–Trinajstić information content (AvgIpc) is 3.13. The molecule has 0 saturated heterocycles. The van der Waals surface area contributed by atoms with E-state index in [4.69, 9.17) is 0 Å². The summed E-state index contributed by atoms with van der Waals surface area (Å²) in [4.78, 5) is 0. The van der Waals surface area contributed by atoms with Gasteiger partial charge in [-0.2, -0.15) is 0 Å². The van der Waals surface area contributed by atoms with Crippen LogP contribution in [0.2, 0.25) is 0 Å². The normalized spacial score (nSPS) is 21.6. The first-order valence-corrected chi connectivity index (χ1v) is 19.6. The molecule has 0 heterocycles. The molecule has 0 aromatic heterocycles. The number of fused-ring (bicyclic) bond motifs is 1. The average molecular weight is 642 g/mol. The monoisotopic (exact) mass is 641 g/mol. The van der Waals surface area contributed by atoms with Crippen molar-refractivity contribution in [1.29, 1.82) is 0 Å². The van der Waals surface area contributed by atoms with Crippen molar-refractivity contribution >= 4 is 11.1 Å². The molecule has 4 aliphatic carbocycles. The molecule has 0 fully saturated rings. The van der Waals surface area contributed by atoms with Gasteiger partial charge in [0.05, 0.1) is 0 Å². The molecule has 0 amide bonds. The summed E-state index contributed by atoms with van der Waals surface area (Å²) < 4.78 is 0. The van der Waals surface area contributed by atoms with Gasteiger partial charge in [0.25, 0.3) is 0 Å². The number of allylic oxidation sites excluding steroid dienone is 13. The lowest BCUT2D eigenvalue weighted by atomic mass is 9.81. The Bertz CT molecular complexity index is 1600. The van der Waals surface area contributed by atoms with E-state index in [0.717, 1.165) is 38.6 Å². The Kier molecular flexibility index (Phi) is 14.4. The zero-order valence-corrected chi connectivity index (χ0v) is 30.7. The van der Waals surface area contributed by atoms with Crippen molar-refractivity contribution < 1.29 is 0 Å². The highest BCUT2D eigenvalue weighted by atomic mass is 14.9. The first kappa shape index (κ1) is 36.1. The van der Waals surface area contributed by atoms with Gasteiger partial charge in [-0.25, -0.2) is 0 Å². The SMILES string of the molecule is CCCCCC(/C=C/C(C)CCC)C1=c2ccccc2=C(/C(C)=C/C=C(\CNC2C=CCCC2)C2=CCCC(C3=CC=CCC3)=C2)CC1. The minimum atomic E-state index is 0.476. The lowest BCUT2D eigenvalue weighted by molar-refractivity contribution is 0.543. The summed E-state index contributed by atoms with van der Waals surface area (Å²) in [6.45, 7) is 10.3. The van der Waals surface area contributed by atoms with Crippen LogP contribution in [0.3, 0.4) is 0 Å². The number of benzene rings is 1. The number of rotatable bonds is 16. The fraction of sp³-hybridized carbons (Fsp3) is 0.489. The highest BCUT2D eigenvalue weighted by Gasteiger charge is 2.19. The fourth-order valence-corrected chi connectivity index (χ4v) is 8.08. The summed E-state index contributed by atoms with van der Waals surface area (Å²) in [5.74, 6) is 1.20. The van der Waals surface area contributed by atoms with Crippen LogP contribution in [-0.2, 0) is 0 Å². The van der Waals surface area contributed by atoms with Gasteiger partial charge in [-0.3, -0.25) is 0 Å². The molecule has 0 spiro atoms. The van der Waals surface area contributed by atoms with E-state index in [9.17, 15) is 0 Å². The van der Waals surface area contributed by atoms with Crippen molar-refractivity contribution in [2.24, 2.45) is 11.8 Å². The van der Waals surface area contributed by atoms with E-state index in [1.165, 1.54) is 108 Å². The van der Waals surface area contributed by atoms with Crippen LogP contribution in [0.1, 0.15) is 124 Å². The van der Waals surface area contributed by atoms with Gasteiger partial charge in [0.1, 0.15) is 0 Å². The Hall–Kier alpha value is -3.16. The van der Waals surface area contributed by atoms with Gasteiger partial charge in [-0.15, -0.1) is 0 Å². The number of hydrogen-bond donors (Lipinski definition) is 1. The molecule has 1 N–H and O–H groups in total. The molecule has 1 aromatic rings. The van der Waals surface area contributed by atoms with Crippen LogP contribution in [0.4, 0.5) is 0 Å². The number of unbranched alkanes of at least 4 members (excludes halogenated alkanes) is 2. The topological polar surface area (TPSA) is 12.0 Å². The molecular formula is C47H63N. The predicted octanol–water partition coefficient (Wildman–Crippen LogP) is 11.5. The summed E-state index contributed by atoms with van der Waals surface area (Å²) >= 11 is 0.